The highest BCUT2D eigenvalue weighted by atomic mass is 19.4. The lowest BCUT2D eigenvalue weighted by Gasteiger charge is -2.55. The third-order valence-electron chi connectivity index (χ3n) is 4.85. The molecular weight excluding hydrogens is 251 g/mol. The van der Waals surface area contributed by atoms with Gasteiger partial charge in [-0.2, -0.15) is 13.2 Å². The Hall–Kier alpha value is -1.03. The smallest absolute Gasteiger partial charge is 0.327 e. The molecule has 1 fully saturated rings. The van der Waals surface area contributed by atoms with Crippen LogP contribution in [-0.4, -0.2) is 6.04 Å². The van der Waals surface area contributed by atoms with E-state index in [0.717, 1.165) is 30.9 Å². The minimum absolute atomic E-state index is 0.0375. The average molecular weight is 271 g/mol. The number of hydrogen-bond donors (Lipinski definition) is 1. The molecule has 2 rings (SSSR count). The topological polar surface area (TPSA) is 26.0 Å². The molecule has 4 heteroatoms. The Bertz CT molecular complexity index is 449. The zero-order valence-electron chi connectivity index (χ0n) is 11.3. The monoisotopic (exact) mass is 271 g/mol. The van der Waals surface area contributed by atoms with E-state index >= 15 is 0 Å². The van der Waals surface area contributed by atoms with Crippen LogP contribution in [0.1, 0.15) is 50.2 Å². The van der Waals surface area contributed by atoms with Crippen molar-refractivity contribution in [2.75, 3.05) is 0 Å². The average Bonchev–Trinajstić information content (AvgIpc) is 2.37. The molecule has 0 aliphatic heterocycles. The van der Waals surface area contributed by atoms with Gasteiger partial charge in [0.05, 0.1) is 5.56 Å². The van der Waals surface area contributed by atoms with E-state index in [9.17, 15) is 13.2 Å². The number of benzene rings is 1. The minimum Gasteiger partial charge on any atom is -0.327 e. The second kappa shape index (κ2) is 4.82. The maximum atomic E-state index is 12.8. The first kappa shape index (κ1) is 14.4. The lowest BCUT2D eigenvalue weighted by molar-refractivity contribution is -0.137. The summed E-state index contributed by atoms with van der Waals surface area (Å²) in [5, 5.41) is 0. The molecule has 0 bridgehead atoms. The van der Waals surface area contributed by atoms with Gasteiger partial charge in [0.25, 0.3) is 0 Å². The highest BCUT2D eigenvalue weighted by Gasteiger charge is 2.51. The molecular formula is C15H20F3N. The van der Waals surface area contributed by atoms with Crippen molar-refractivity contribution in [2.45, 2.75) is 51.2 Å². The van der Waals surface area contributed by atoms with Crippen molar-refractivity contribution in [3.63, 3.8) is 0 Å². The van der Waals surface area contributed by atoms with Crippen LogP contribution in [0.15, 0.2) is 24.3 Å². The summed E-state index contributed by atoms with van der Waals surface area (Å²) in [7, 11) is 0. The van der Waals surface area contributed by atoms with Crippen LogP contribution in [0.5, 0.6) is 0 Å². The molecule has 0 spiro atoms. The third kappa shape index (κ3) is 2.27. The molecule has 2 unspecified atom stereocenters. The Labute approximate surface area is 112 Å². The van der Waals surface area contributed by atoms with Gasteiger partial charge in [-0.05, 0) is 42.2 Å². The van der Waals surface area contributed by atoms with E-state index in [1.165, 1.54) is 12.1 Å². The fourth-order valence-electron chi connectivity index (χ4n) is 3.49. The van der Waals surface area contributed by atoms with Gasteiger partial charge < -0.3 is 5.73 Å². The van der Waals surface area contributed by atoms with Crippen molar-refractivity contribution >= 4 is 0 Å². The normalized spacial score (nSPS) is 26.0. The molecule has 2 atom stereocenters. The van der Waals surface area contributed by atoms with Gasteiger partial charge in [-0.1, -0.05) is 32.0 Å². The maximum absolute atomic E-state index is 12.8. The largest absolute Gasteiger partial charge is 0.416 e. The summed E-state index contributed by atoms with van der Waals surface area (Å²) >= 11 is 0. The molecule has 1 aliphatic rings. The number of hydrogen-bond acceptors (Lipinski definition) is 1. The van der Waals surface area contributed by atoms with Crippen molar-refractivity contribution in [1.29, 1.82) is 0 Å². The molecule has 1 aliphatic carbocycles. The molecule has 0 amide bonds. The van der Waals surface area contributed by atoms with Gasteiger partial charge in [-0.3, -0.25) is 0 Å². The second-order valence-corrected chi connectivity index (χ2v) is 5.46. The predicted octanol–water partition coefficient (Wildman–Crippen LogP) is 4.33. The lowest BCUT2D eigenvalue weighted by Crippen LogP contribution is -2.55. The van der Waals surface area contributed by atoms with Crippen LogP contribution >= 0.6 is 0 Å². The van der Waals surface area contributed by atoms with Gasteiger partial charge in [-0.15, -0.1) is 0 Å². The number of rotatable bonds is 3. The zero-order valence-corrected chi connectivity index (χ0v) is 11.3. The summed E-state index contributed by atoms with van der Waals surface area (Å²) < 4.78 is 38.3. The van der Waals surface area contributed by atoms with E-state index in [4.69, 9.17) is 5.73 Å². The summed E-state index contributed by atoms with van der Waals surface area (Å²) in [5.41, 5.74) is 6.29. The first-order valence-corrected chi connectivity index (χ1v) is 6.78. The van der Waals surface area contributed by atoms with Crippen LogP contribution in [0.25, 0.3) is 0 Å². The predicted molar refractivity (Wildman–Crippen MR) is 69.8 cm³/mol. The van der Waals surface area contributed by atoms with Crippen LogP contribution in [0.2, 0.25) is 0 Å². The quantitative estimate of drug-likeness (QED) is 0.870. The fraction of sp³-hybridized carbons (Fsp3) is 0.600. The SMILES string of the molecule is CCC1(CC)C(N)CC1c1cccc(C(F)(F)F)c1. The summed E-state index contributed by atoms with van der Waals surface area (Å²) in [5.74, 6) is 0.153. The van der Waals surface area contributed by atoms with Crippen LogP contribution < -0.4 is 5.73 Å². The van der Waals surface area contributed by atoms with E-state index in [2.05, 4.69) is 13.8 Å². The van der Waals surface area contributed by atoms with Crippen molar-refractivity contribution in [3.05, 3.63) is 35.4 Å². The number of nitrogens with two attached hydrogens (primary N) is 1. The maximum Gasteiger partial charge on any atom is 0.416 e. The standard InChI is InChI=1S/C15H20F3N/c1-3-14(4-2)12(9-13(14)19)10-6-5-7-11(8-10)15(16,17)18/h5-8,12-13H,3-4,9,19H2,1-2H3. The first-order valence-electron chi connectivity index (χ1n) is 6.78. The van der Waals surface area contributed by atoms with E-state index in [0.29, 0.717) is 0 Å². The minimum atomic E-state index is -4.27. The van der Waals surface area contributed by atoms with E-state index in [-0.39, 0.29) is 17.4 Å². The number of halogens is 3. The van der Waals surface area contributed by atoms with Crippen LogP contribution in [-0.2, 0) is 6.18 Å². The van der Waals surface area contributed by atoms with E-state index in [1.54, 1.807) is 6.07 Å². The van der Waals surface area contributed by atoms with Gasteiger partial charge in [-0.25, -0.2) is 0 Å². The Morgan fingerprint density at radius 3 is 2.37 bits per heavy atom. The number of alkyl halides is 3. The van der Waals surface area contributed by atoms with Crippen molar-refractivity contribution in [2.24, 2.45) is 11.1 Å². The first-order chi connectivity index (χ1) is 8.85. The summed E-state index contributed by atoms with van der Waals surface area (Å²) in [6.07, 6.45) is -1.68. The molecule has 1 saturated carbocycles. The van der Waals surface area contributed by atoms with Crippen LogP contribution in [0.4, 0.5) is 13.2 Å². The molecule has 106 valence electrons. The Morgan fingerprint density at radius 2 is 1.89 bits per heavy atom. The van der Waals surface area contributed by atoms with Crippen LogP contribution in [0.3, 0.4) is 0 Å². The van der Waals surface area contributed by atoms with E-state index < -0.39 is 11.7 Å². The Morgan fingerprint density at radius 1 is 1.26 bits per heavy atom. The summed E-state index contributed by atoms with van der Waals surface area (Å²) in [4.78, 5) is 0. The highest BCUT2D eigenvalue weighted by molar-refractivity contribution is 5.33. The van der Waals surface area contributed by atoms with Gasteiger partial charge in [0.15, 0.2) is 0 Å². The molecule has 0 aromatic heterocycles. The van der Waals surface area contributed by atoms with Gasteiger partial charge in [0, 0.05) is 6.04 Å². The molecule has 1 nitrogen and oxygen atoms in total. The van der Waals surface area contributed by atoms with Crippen LogP contribution in [0, 0.1) is 5.41 Å². The third-order valence-corrected chi connectivity index (χ3v) is 4.85. The van der Waals surface area contributed by atoms with Gasteiger partial charge in [0.2, 0.25) is 0 Å². The second-order valence-electron chi connectivity index (χ2n) is 5.46. The molecule has 19 heavy (non-hydrogen) atoms. The molecule has 0 radical (unpaired) electrons. The van der Waals surface area contributed by atoms with Crippen molar-refractivity contribution in [1.82, 2.24) is 0 Å². The van der Waals surface area contributed by atoms with Crippen molar-refractivity contribution in [3.8, 4) is 0 Å². The Balaban J connectivity index is 2.33. The zero-order chi connectivity index (χ0) is 14.3. The van der Waals surface area contributed by atoms with Gasteiger partial charge in [0.1, 0.15) is 0 Å². The van der Waals surface area contributed by atoms with Gasteiger partial charge >= 0.3 is 6.18 Å². The molecule has 0 saturated heterocycles. The Kier molecular flexibility index (Phi) is 3.65. The molecule has 2 N–H and O–H groups in total. The summed E-state index contributed by atoms with van der Waals surface area (Å²) in [6, 6.07) is 5.81. The molecule has 1 aromatic carbocycles. The van der Waals surface area contributed by atoms with E-state index in [1.807, 2.05) is 0 Å². The highest BCUT2D eigenvalue weighted by Crippen LogP contribution is 2.56. The summed E-state index contributed by atoms with van der Waals surface area (Å²) in [6.45, 7) is 4.15. The molecule has 1 aromatic rings. The fourth-order valence-corrected chi connectivity index (χ4v) is 3.49. The lowest BCUT2D eigenvalue weighted by atomic mass is 9.52. The molecule has 0 heterocycles. The van der Waals surface area contributed by atoms with Crippen molar-refractivity contribution < 1.29 is 13.2 Å².